The number of H-pyrrole nitrogens is 1. The van der Waals surface area contributed by atoms with Crippen molar-refractivity contribution >= 4 is 17.0 Å². The van der Waals surface area contributed by atoms with Gasteiger partial charge >= 0.3 is 5.76 Å². The summed E-state index contributed by atoms with van der Waals surface area (Å²) >= 11 is 0. The fraction of sp³-hybridized carbons (Fsp3) is 0.222. The number of hydrogen-bond acceptors (Lipinski definition) is 4. The molecule has 124 valence electrons. The van der Waals surface area contributed by atoms with Gasteiger partial charge in [0.2, 0.25) is 5.91 Å². The minimum Gasteiger partial charge on any atom is -0.497 e. The topological polar surface area (TPSA) is 84.3 Å². The fourth-order valence-corrected chi connectivity index (χ4v) is 2.50. The van der Waals surface area contributed by atoms with Gasteiger partial charge in [-0.15, -0.1) is 0 Å². The van der Waals surface area contributed by atoms with Crippen molar-refractivity contribution in [2.75, 3.05) is 13.7 Å². The summed E-state index contributed by atoms with van der Waals surface area (Å²) in [7, 11) is 1.63. The van der Waals surface area contributed by atoms with E-state index in [0.717, 1.165) is 23.3 Å². The van der Waals surface area contributed by atoms with Crippen molar-refractivity contribution in [3.63, 3.8) is 0 Å². The predicted octanol–water partition coefficient (Wildman–Crippen LogP) is 2.03. The first-order valence-corrected chi connectivity index (χ1v) is 7.65. The third-order valence-electron chi connectivity index (χ3n) is 3.74. The summed E-state index contributed by atoms with van der Waals surface area (Å²) < 4.78 is 10.0. The van der Waals surface area contributed by atoms with E-state index < -0.39 is 5.76 Å². The normalized spacial score (nSPS) is 10.7. The number of fused-ring (bicyclic) bond motifs is 1. The zero-order valence-corrected chi connectivity index (χ0v) is 13.3. The molecule has 6 heteroatoms. The van der Waals surface area contributed by atoms with Crippen molar-refractivity contribution in [1.29, 1.82) is 0 Å². The second kappa shape index (κ2) is 7.04. The smallest absolute Gasteiger partial charge is 0.417 e. The van der Waals surface area contributed by atoms with E-state index in [9.17, 15) is 9.59 Å². The molecule has 3 aromatic rings. The Hall–Kier alpha value is -3.02. The molecule has 1 heterocycles. The van der Waals surface area contributed by atoms with Gasteiger partial charge in [0.25, 0.3) is 0 Å². The molecule has 0 unspecified atom stereocenters. The molecule has 0 aliphatic carbocycles. The molecule has 1 amide bonds. The summed E-state index contributed by atoms with van der Waals surface area (Å²) in [6, 6.07) is 13.0. The highest BCUT2D eigenvalue weighted by Crippen LogP contribution is 2.13. The molecule has 1 aromatic heterocycles. The minimum atomic E-state index is -0.494. The summed E-state index contributed by atoms with van der Waals surface area (Å²) in [4.78, 5) is 25.7. The van der Waals surface area contributed by atoms with Crippen LogP contribution in [0.15, 0.2) is 51.7 Å². The molecule has 0 spiro atoms. The van der Waals surface area contributed by atoms with Crippen LogP contribution in [0.5, 0.6) is 5.75 Å². The Bertz CT molecular complexity index is 893. The number of rotatable bonds is 6. The number of benzene rings is 2. The van der Waals surface area contributed by atoms with E-state index in [1.54, 1.807) is 25.3 Å². The van der Waals surface area contributed by atoms with Crippen LogP contribution in [-0.2, 0) is 17.6 Å². The summed E-state index contributed by atoms with van der Waals surface area (Å²) in [6.45, 7) is 0.565. The highest BCUT2D eigenvalue weighted by Gasteiger charge is 2.06. The predicted molar refractivity (Wildman–Crippen MR) is 90.2 cm³/mol. The van der Waals surface area contributed by atoms with E-state index in [1.165, 1.54) is 0 Å². The van der Waals surface area contributed by atoms with E-state index in [1.807, 2.05) is 24.3 Å². The Morgan fingerprint density at radius 1 is 1.17 bits per heavy atom. The van der Waals surface area contributed by atoms with Crippen LogP contribution in [0, 0.1) is 0 Å². The molecule has 2 N–H and O–H groups in total. The molecule has 0 atom stereocenters. The lowest BCUT2D eigenvalue weighted by molar-refractivity contribution is -0.120. The third kappa shape index (κ3) is 3.84. The molecule has 0 bridgehead atoms. The van der Waals surface area contributed by atoms with E-state index in [0.29, 0.717) is 17.6 Å². The number of carbonyl (C=O) groups excluding carboxylic acids is 1. The van der Waals surface area contributed by atoms with E-state index in [2.05, 4.69) is 10.3 Å². The summed E-state index contributed by atoms with van der Waals surface area (Å²) in [5, 5.41) is 2.90. The molecule has 0 radical (unpaired) electrons. The number of hydrogen-bond donors (Lipinski definition) is 2. The van der Waals surface area contributed by atoms with Crippen LogP contribution in [0.4, 0.5) is 0 Å². The van der Waals surface area contributed by atoms with Crippen molar-refractivity contribution in [2.24, 2.45) is 0 Å². The quantitative estimate of drug-likeness (QED) is 0.726. The number of aromatic amines is 1. The zero-order chi connectivity index (χ0) is 16.9. The summed E-state index contributed by atoms with van der Waals surface area (Å²) in [5.41, 5.74) is 3.04. The van der Waals surface area contributed by atoms with Gasteiger partial charge in [-0.05, 0) is 41.8 Å². The highest BCUT2D eigenvalue weighted by molar-refractivity contribution is 5.80. The molecule has 24 heavy (non-hydrogen) atoms. The first-order chi connectivity index (χ1) is 11.6. The molecule has 0 saturated heterocycles. The van der Waals surface area contributed by atoms with Gasteiger partial charge in [-0.1, -0.05) is 18.2 Å². The van der Waals surface area contributed by atoms with Crippen LogP contribution in [0.3, 0.4) is 0 Å². The maximum absolute atomic E-state index is 12.0. The van der Waals surface area contributed by atoms with Crippen LogP contribution in [-0.4, -0.2) is 24.5 Å². The maximum Gasteiger partial charge on any atom is 0.417 e. The number of amides is 1. The Kier molecular flexibility index (Phi) is 4.65. The van der Waals surface area contributed by atoms with Crippen molar-refractivity contribution in [3.8, 4) is 5.75 Å². The van der Waals surface area contributed by atoms with Crippen molar-refractivity contribution in [1.82, 2.24) is 10.3 Å². The fourth-order valence-electron chi connectivity index (χ4n) is 2.50. The van der Waals surface area contributed by atoms with E-state index in [-0.39, 0.29) is 12.3 Å². The van der Waals surface area contributed by atoms with Crippen LogP contribution < -0.4 is 15.8 Å². The third-order valence-corrected chi connectivity index (χ3v) is 3.74. The molecule has 6 nitrogen and oxygen atoms in total. The number of ether oxygens (including phenoxy) is 1. The second-order valence-corrected chi connectivity index (χ2v) is 5.47. The largest absolute Gasteiger partial charge is 0.497 e. The van der Waals surface area contributed by atoms with Crippen LogP contribution in [0.2, 0.25) is 0 Å². The molecular weight excluding hydrogens is 308 g/mol. The van der Waals surface area contributed by atoms with Crippen LogP contribution in [0.25, 0.3) is 11.1 Å². The average molecular weight is 326 g/mol. The van der Waals surface area contributed by atoms with Gasteiger partial charge in [0.05, 0.1) is 19.0 Å². The Morgan fingerprint density at radius 2 is 1.92 bits per heavy atom. The van der Waals surface area contributed by atoms with Gasteiger partial charge < -0.3 is 14.5 Å². The summed E-state index contributed by atoms with van der Waals surface area (Å²) in [6.07, 6.45) is 1.01. The van der Waals surface area contributed by atoms with Crippen LogP contribution >= 0.6 is 0 Å². The lowest BCUT2D eigenvalue weighted by Gasteiger charge is -2.06. The SMILES string of the molecule is COc1ccc(CCNC(=O)Cc2ccc3oc(=O)[nH]c3c2)cc1. The molecule has 0 saturated carbocycles. The molecule has 0 fully saturated rings. The lowest BCUT2D eigenvalue weighted by atomic mass is 10.1. The molecule has 3 rings (SSSR count). The number of oxazole rings is 1. The van der Waals surface area contributed by atoms with E-state index >= 15 is 0 Å². The number of aromatic nitrogens is 1. The van der Waals surface area contributed by atoms with Crippen molar-refractivity contribution in [2.45, 2.75) is 12.8 Å². The van der Waals surface area contributed by atoms with Gasteiger partial charge in [0.1, 0.15) is 5.75 Å². The van der Waals surface area contributed by atoms with Crippen molar-refractivity contribution < 1.29 is 13.9 Å². The number of nitrogens with one attached hydrogen (secondary N) is 2. The van der Waals surface area contributed by atoms with Gasteiger partial charge in [0.15, 0.2) is 5.58 Å². The van der Waals surface area contributed by atoms with E-state index in [4.69, 9.17) is 9.15 Å². The monoisotopic (exact) mass is 326 g/mol. The molecule has 2 aromatic carbocycles. The maximum atomic E-state index is 12.0. The summed E-state index contributed by atoms with van der Waals surface area (Å²) in [5.74, 6) is 0.260. The molecule has 0 aliphatic rings. The second-order valence-electron chi connectivity index (χ2n) is 5.47. The average Bonchev–Trinajstić information content (AvgIpc) is 2.95. The first kappa shape index (κ1) is 15.9. The Morgan fingerprint density at radius 3 is 2.67 bits per heavy atom. The standard InChI is InChI=1S/C18H18N2O4/c1-23-14-5-2-12(3-6-14)8-9-19-17(21)11-13-4-7-16-15(10-13)20-18(22)24-16/h2-7,10H,8-9,11H2,1H3,(H,19,21)(H,20,22). The van der Waals surface area contributed by atoms with Crippen molar-refractivity contribution in [3.05, 3.63) is 64.1 Å². The highest BCUT2D eigenvalue weighted by atomic mass is 16.5. The Labute approximate surface area is 138 Å². The lowest BCUT2D eigenvalue weighted by Crippen LogP contribution is -2.27. The van der Waals surface area contributed by atoms with Crippen LogP contribution in [0.1, 0.15) is 11.1 Å². The first-order valence-electron chi connectivity index (χ1n) is 7.65. The zero-order valence-electron chi connectivity index (χ0n) is 13.3. The molecular formula is C18H18N2O4. The minimum absolute atomic E-state index is 0.0614. The number of carbonyl (C=O) groups is 1. The van der Waals surface area contributed by atoms with Gasteiger partial charge in [0, 0.05) is 6.54 Å². The van der Waals surface area contributed by atoms with Gasteiger partial charge in [-0.2, -0.15) is 0 Å². The Balaban J connectivity index is 1.51. The van der Waals surface area contributed by atoms with Gasteiger partial charge in [-0.3, -0.25) is 9.78 Å². The molecule has 0 aliphatic heterocycles. The number of methoxy groups -OCH3 is 1. The van der Waals surface area contributed by atoms with Gasteiger partial charge in [-0.25, -0.2) is 4.79 Å².